The Balaban J connectivity index is 1.82. The summed E-state index contributed by atoms with van der Waals surface area (Å²) in [7, 11) is 1.68. The van der Waals surface area contributed by atoms with Crippen LogP contribution in [0.15, 0.2) is 12.1 Å². The number of carbonyl (C=O) groups is 1. The van der Waals surface area contributed by atoms with Crippen LogP contribution >= 0.6 is 11.6 Å². The van der Waals surface area contributed by atoms with Gasteiger partial charge in [0.05, 0.1) is 18.1 Å². The summed E-state index contributed by atoms with van der Waals surface area (Å²) >= 11 is 5.64. The first-order chi connectivity index (χ1) is 11.5. The Hall–Kier alpha value is -1.24. The van der Waals surface area contributed by atoms with Crippen molar-refractivity contribution < 1.29 is 18.3 Å². The second-order valence-electron chi connectivity index (χ2n) is 6.10. The molecular formula is C17H23ClF2N2O2. The summed E-state index contributed by atoms with van der Waals surface area (Å²) in [6.07, 6.45) is 1.75. The van der Waals surface area contributed by atoms with Crippen LogP contribution in [-0.2, 0) is 16.0 Å². The number of ether oxygens (including phenoxy) is 1. The third-order valence-corrected chi connectivity index (χ3v) is 4.57. The third kappa shape index (κ3) is 5.40. The lowest BCUT2D eigenvalue weighted by Gasteiger charge is -2.32. The van der Waals surface area contributed by atoms with Gasteiger partial charge in [-0.1, -0.05) is 11.6 Å². The van der Waals surface area contributed by atoms with Crippen molar-refractivity contribution in [1.82, 2.24) is 10.2 Å². The maximum atomic E-state index is 13.8. The van der Waals surface area contributed by atoms with Crippen LogP contribution in [0.2, 0.25) is 5.02 Å². The van der Waals surface area contributed by atoms with E-state index in [0.717, 1.165) is 44.6 Å². The molecule has 1 amide bonds. The van der Waals surface area contributed by atoms with Crippen LogP contribution in [0.5, 0.6) is 0 Å². The molecule has 1 aromatic rings. The van der Waals surface area contributed by atoms with E-state index < -0.39 is 17.5 Å². The number of amides is 1. The number of piperidine rings is 1. The summed E-state index contributed by atoms with van der Waals surface area (Å²) in [6, 6.07) is 2.22. The summed E-state index contributed by atoms with van der Waals surface area (Å²) in [4.78, 5) is 14.3. The number of rotatable bonds is 7. The van der Waals surface area contributed by atoms with E-state index >= 15 is 0 Å². The van der Waals surface area contributed by atoms with Crippen molar-refractivity contribution in [3.8, 4) is 0 Å². The Bertz CT molecular complexity index is 572. The molecule has 24 heavy (non-hydrogen) atoms. The number of nitrogens with one attached hydrogen (secondary N) is 1. The number of hydrogen-bond donors (Lipinski definition) is 1. The minimum Gasteiger partial charge on any atom is -0.383 e. The predicted octanol–water partition coefficient (Wildman–Crippen LogP) is 2.64. The molecule has 2 rings (SSSR count). The highest BCUT2D eigenvalue weighted by Gasteiger charge is 2.21. The first-order valence-corrected chi connectivity index (χ1v) is 8.49. The van der Waals surface area contributed by atoms with Crippen LogP contribution in [0.3, 0.4) is 0 Å². The number of carbonyl (C=O) groups excluding carboxylic acids is 1. The largest absolute Gasteiger partial charge is 0.383 e. The van der Waals surface area contributed by atoms with Gasteiger partial charge >= 0.3 is 0 Å². The average molecular weight is 361 g/mol. The van der Waals surface area contributed by atoms with Crippen LogP contribution in [0.25, 0.3) is 0 Å². The van der Waals surface area contributed by atoms with Crippen molar-refractivity contribution in [2.24, 2.45) is 5.92 Å². The van der Waals surface area contributed by atoms with Crippen molar-refractivity contribution in [3.63, 3.8) is 0 Å². The van der Waals surface area contributed by atoms with Gasteiger partial charge in [0.25, 0.3) is 0 Å². The minimum atomic E-state index is -0.866. The molecule has 1 N–H and O–H groups in total. The molecule has 0 saturated carbocycles. The number of halogens is 3. The summed E-state index contributed by atoms with van der Waals surface area (Å²) in [5.41, 5.74) is -0.287. The van der Waals surface area contributed by atoms with Crippen LogP contribution in [0, 0.1) is 17.6 Å². The molecule has 4 nitrogen and oxygen atoms in total. The van der Waals surface area contributed by atoms with E-state index in [4.69, 9.17) is 16.3 Å². The van der Waals surface area contributed by atoms with Gasteiger partial charge in [-0.05, 0) is 37.4 Å². The van der Waals surface area contributed by atoms with Gasteiger partial charge in [0.15, 0.2) is 0 Å². The van der Waals surface area contributed by atoms with Crippen molar-refractivity contribution in [1.29, 1.82) is 0 Å². The number of methoxy groups -OCH3 is 1. The Morgan fingerprint density at radius 1 is 1.46 bits per heavy atom. The van der Waals surface area contributed by atoms with E-state index in [1.807, 2.05) is 0 Å². The molecule has 1 aromatic carbocycles. The molecule has 0 bridgehead atoms. The topological polar surface area (TPSA) is 41.6 Å². The van der Waals surface area contributed by atoms with E-state index in [-0.39, 0.29) is 17.0 Å². The van der Waals surface area contributed by atoms with Crippen molar-refractivity contribution in [3.05, 3.63) is 34.4 Å². The quantitative estimate of drug-likeness (QED) is 0.760. The number of hydrogen-bond acceptors (Lipinski definition) is 3. The maximum Gasteiger partial charge on any atom is 0.224 e. The van der Waals surface area contributed by atoms with Crippen molar-refractivity contribution in [2.45, 2.75) is 19.3 Å². The smallest absolute Gasteiger partial charge is 0.224 e. The lowest BCUT2D eigenvalue weighted by atomic mass is 9.98. The highest BCUT2D eigenvalue weighted by molar-refractivity contribution is 6.30. The summed E-state index contributed by atoms with van der Waals surface area (Å²) in [5, 5.41) is 2.60. The van der Waals surface area contributed by atoms with E-state index in [2.05, 4.69) is 10.2 Å². The molecule has 1 unspecified atom stereocenters. The number of nitrogens with zero attached hydrogens (tertiary/aromatic N) is 1. The molecule has 1 fully saturated rings. The standard InChI is InChI=1S/C17H23ClF2N2O2/c1-24-8-7-22-6-2-3-12(11-22)10-21-16(23)9-13-15(19)5-4-14(18)17(13)20/h4-5,12H,2-3,6-11H2,1H3,(H,21,23). The SMILES string of the molecule is COCCN1CCCC(CNC(=O)Cc2c(F)ccc(Cl)c2F)C1. The number of benzene rings is 1. The highest BCUT2D eigenvalue weighted by atomic mass is 35.5. The monoisotopic (exact) mass is 360 g/mol. The zero-order valence-electron chi connectivity index (χ0n) is 13.8. The van der Waals surface area contributed by atoms with Gasteiger partial charge < -0.3 is 15.0 Å². The highest BCUT2D eigenvalue weighted by Crippen LogP contribution is 2.21. The van der Waals surface area contributed by atoms with Crippen LogP contribution in [0.4, 0.5) is 8.78 Å². The van der Waals surface area contributed by atoms with Gasteiger partial charge in [-0.25, -0.2) is 8.78 Å². The molecule has 1 saturated heterocycles. The fourth-order valence-electron chi connectivity index (χ4n) is 2.95. The fraction of sp³-hybridized carbons (Fsp3) is 0.588. The van der Waals surface area contributed by atoms with Gasteiger partial charge in [-0.2, -0.15) is 0 Å². The summed E-state index contributed by atoms with van der Waals surface area (Å²) < 4.78 is 32.6. The van der Waals surface area contributed by atoms with Gasteiger partial charge in [0, 0.05) is 32.3 Å². The van der Waals surface area contributed by atoms with Crippen LogP contribution < -0.4 is 5.32 Å². The van der Waals surface area contributed by atoms with E-state index in [1.165, 1.54) is 0 Å². The average Bonchev–Trinajstić information content (AvgIpc) is 2.59. The predicted molar refractivity (Wildman–Crippen MR) is 89.1 cm³/mol. The molecule has 0 radical (unpaired) electrons. The molecule has 0 aromatic heterocycles. The first kappa shape index (κ1) is 19.1. The first-order valence-electron chi connectivity index (χ1n) is 8.11. The lowest BCUT2D eigenvalue weighted by Crippen LogP contribution is -2.42. The van der Waals surface area contributed by atoms with Crippen molar-refractivity contribution in [2.75, 3.05) is 39.9 Å². The fourth-order valence-corrected chi connectivity index (χ4v) is 3.13. The zero-order chi connectivity index (χ0) is 17.5. The molecule has 1 aliphatic heterocycles. The maximum absolute atomic E-state index is 13.8. The second-order valence-corrected chi connectivity index (χ2v) is 6.51. The van der Waals surface area contributed by atoms with Gasteiger partial charge in [0.2, 0.25) is 5.91 Å². The number of likely N-dealkylation sites (tertiary alicyclic amines) is 1. The summed E-state index contributed by atoms with van der Waals surface area (Å²) in [6.45, 7) is 3.99. The molecule has 1 atom stereocenters. The molecule has 0 spiro atoms. The molecule has 1 heterocycles. The normalized spacial score (nSPS) is 18.6. The lowest BCUT2D eigenvalue weighted by molar-refractivity contribution is -0.120. The Morgan fingerprint density at radius 2 is 2.25 bits per heavy atom. The Kier molecular flexibility index (Phi) is 7.40. The third-order valence-electron chi connectivity index (χ3n) is 4.28. The van der Waals surface area contributed by atoms with Crippen LogP contribution in [0.1, 0.15) is 18.4 Å². The van der Waals surface area contributed by atoms with E-state index in [1.54, 1.807) is 7.11 Å². The molecular weight excluding hydrogens is 338 g/mol. The van der Waals surface area contributed by atoms with E-state index in [0.29, 0.717) is 19.1 Å². The van der Waals surface area contributed by atoms with Crippen LogP contribution in [-0.4, -0.2) is 50.7 Å². The summed E-state index contributed by atoms with van der Waals surface area (Å²) in [5.74, 6) is -1.68. The van der Waals surface area contributed by atoms with Crippen molar-refractivity contribution >= 4 is 17.5 Å². The Labute approximate surface area is 146 Å². The zero-order valence-corrected chi connectivity index (χ0v) is 14.5. The molecule has 0 aliphatic carbocycles. The molecule has 7 heteroatoms. The molecule has 134 valence electrons. The minimum absolute atomic E-state index is 0.180. The second kappa shape index (κ2) is 9.30. The van der Waals surface area contributed by atoms with Gasteiger partial charge in [-0.15, -0.1) is 0 Å². The van der Waals surface area contributed by atoms with E-state index in [9.17, 15) is 13.6 Å². The van der Waals surface area contributed by atoms with Gasteiger partial charge in [-0.3, -0.25) is 4.79 Å². The van der Waals surface area contributed by atoms with Gasteiger partial charge in [0.1, 0.15) is 11.6 Å². The Morgan fingerprint density at radius 3 is 3.00 bits per heavy atom. The molecule has 1 aliphatic rings.